The van der Waals surface area contributed by atoms with Crippen molar-refractivity contribution in [2.24, 2.45) is 0 Å². The van der Waals surface area contributed by atoms with E-state index in [4.69, 9.17) is 0 Å². The number of aromatic amines is 1. The predicted molar refractivity (Wildman–Crippen MR) is 107 cm³/mol. The molecule has 0 aliphatic rings. The number of anilines is 1. The van der Waals surface area contributed by atoms with Crippen LogP contribution in [-0.4, -0.2) is 25.4 Å². The van der Waals surface area contributed by atoms with Crippen molar-refractivity contribution in [2.45, 2.75) is 20.4 Å². The van der Waals surface area contributed by atoms with E-state index in [9.17, 15) is 14.4 Å². The number of nitrogens with zero attached hydrogens (tertiary/aromatic N) is 3. The largest absolute Gasteiger partial charge is 0.329 e. The van der Waals surface area contributed by atoms with Gasteiger partial charge in [0.05, 0.1) is 22.2 Å². The molecule has 0 saturated carbocycles. The van der Waals surface area contributed by atoms with Crippen molar-refractivity contribution in [1.82, 2.24) is 19.5 Å². The first-order valence-corrected chi connectivity index (χ1v) is 8.78. The SMILES string of the molecule is CCn1c(=O)[nH]c(=O)c2cc(C(=O)Nc3ccc(C)c4ncccc34)cnc21. The molecule has 140 valence electrons. The van der Waals surface area contributed by atoms with E-state index in [2.05, 4.69) is 20.3 Å². The molecule has 0 saturated heterocycles. The molecule has 0 spiro atoms. The number of nitrogens with one attached hydrogen (secondary N) is 2. The number of fused-ring (bicyclic) bond motifs is 2. The highest BCUT2D eigenvalue weighted by atomic mass is 16.2. The van der Waals surface area contributed by atoms with Crippen LogP contribution < -0.4 is 16.6 Å². The Labute approximate surface area is 158 Å². The molecule has 1 aromatic carbocycles. The summed E-state index contributed by atoms with van der Waals surface area (Å²) >= 11 is 0. The lowest BCUT2D eigenvalue weighted by atomic mass is 10.1. The first-order chi connectivity index (χ1) is 13.5. The summed E-state index contributed by atoms with van der Waals surface area (Å²) in [6, 6.07) is 8.82. The molecule has 2 N–H and O–H groups in total. The summed E-state index contributed by atoms with van der Waals surface area (Å²) in [5.41, 5.74) is 1.80. The van der Waals surface area contributed by atoms with Gasteiger partial charge in [0, 0.05) is 24.3 Å². The molecule has 28 heavy (non-hydrogen) atoms. The fourth-order valence-corrected chi connectivity index (χ4v) is 3.20. The van der Waals surface area contributed by atoms with E-state index in [-0.39, 0.29) is 16.6 Å². The van der Waals surface area contributed by atoms with Crippen LogP contribution in [0.1, 0.15) is 22.8 Å². The van der Waals surface area contributed by atoms with Crippen LogP contribution >= 0.6 is 0 Å². The molecule has 8 nitrogen and oxygen atoms in total. The van der Waals surface area contributed by atoms with Crippen LogP contribution in [0.5, 0.6) is 0 Å². The van der Waals surface area contributed by atoms with Gasteiger partial charge < -0.3 is 5.32 Å². The van der Waals surface area contributed by atoms with Crippen LogP contribution in [0.15, 0.2) is 52.3 Å². The summed E-state index contributed by atoms with van der Waals surface area (Å²) in [4.78, 5) is 47.6. The Hall–Kier alpha value is -3.81. The van der Waals surface area contributed by atoms with Crippen molar-refractivity contribution in [3.05, 3.63) is 74.7 Å². The first kappa shape index (κ1) is 17.6. The van der Waals surface area contributed by atoms with E-state index in [1.54, 1.807) is 19.2 Å². The van der Waals surface area contributed by atoms with Gasteiger partial charge in [-0.1, -0.05) is 6.07 Å². The number of carbonyl (C=O) groups is 1. The second-order valence-corrected chi connectivity index (χ2v) is 6.38. The summed E-state index contributed by atoms with van der Waals surface area (Å²) < 4.78 is 1.34. The number of carbonyl (C=O) groups excluding carboxylic acids is 1. The number of aryl methyl sites for hydroxylation is 2. The van der Waals surface area contributed by atoms with E-state index in [0.29, 0.717) is 12.2 Å². The summed E-state index contributed by atoms with van der Waals surface area (Å²) in [7, 11) is 0. The maximum Gasteiger partial charge on any atom is 0.329 e. The molecule has 0 unspecified atom stereocenters. The molecule has 3 heterocycles. The molecule has 0 fully saturated rings. The molecule has 4 rings (SSSR count). The van der Waals surface area contributed by atoms with Gasteiger partial charge in [-0.15, -0.1) is 0 Å². The lowest BCUT2D eigenvalue weighted by Gasteiger charge is -2.11. The first-order valence-electron chi connectivity index (χ1n) is 8.78. The third-order valence-corrected chi connectivity index (χ3v) is 4.63. The zero-order valence-electron chi connectivity index (χ0n) is 15.3. The minimum Gasteiger partial charge on any atom is -0.321 e. The van der Waals surface area contributed by atoms with Crippen LogP contribution in [0.4, 0.5) is 5.69 Å². The van der Waals surface area contributed by atoms with Crippen molar-refractivity contribution in [2.75, 3.05) is 5.32 Å². The third-order valence-electron chi connectivity index (χ3n) is 4.63. The average Bonchev–Trinajstić information content (AvgIpc) is 2.70. The zero-order valence-corrected chi connectivity index (χ0v) is 15.3. The van der Waals surface area contributed by atoms with Crippen LogP contribution in [-0.2, 0) is 6.54 Å². The third kappa shape index (κ3) is 2.84. The number of amides is 1. The van der Waals surface area contributed by atoms with Crippen molar-refractivity contribution in [3.8, 4) is 0 Å². The molecule has 0 aliphatic carbocycles. The van der Waals surface area contributed by atoms with Crippen molar-refractivity contribution < 1.29 is 4.79 Å². The topological polar surface area (TPSA) is 110 Å². The number of H-pyrrole nitrogens is 1. The van der Waals surface area contributed by atoms with Gasteiger partial charge in [-0.3, -0.25) is 24.1 Å². The molecular formula is C20H17N5O3. The van der Waals surface area contributed by atoms with Crippen LogP contribution in [0.3, 0.4) is 0 Å². The highest BCUT2D eigenvalue weighted by Crippen LogP contribution is 2.25. The summed E-state index contributed by atoms with van der Waals surface area (Å²) in [6.07, 6.45) is 3.06. The molecular weight excluding hydrogens is 358 g/mol. The van der Waals surface area contributed by atoms with E-state index >= 15 is 0 Å². The number of rotatable bonds is 3. The second kappa shape index (κ2) is 6.73. The maximum atomic E-state index is 12.8. The second-order valence-electron chi connectivity index (χ2n) is 6.38. The van der Waals surface area contributed by atoms with Gasteiger partial charge in [-0.25, -0.2) is 9.78 Å². The summed E-state index contributed by atoms with van der Waals surface area (Å²) in [5.74, 6) is -0.406. The lowest BCUT2D eigenvalue weighted by molar-refractivity contribution is 0.102. The van der Waals surface area contributed by atoms with Gasteiger partial charge in [0.25, 0.3) is 11.5 Å². The fraction of sp³-hybridized carbons (Fsp3) is 0.150. The summed E-state index contributed by atoms with van der Waals surface area (Å²) in [6.45, 7) is 4.08. The normalized spacial score (nSPS) is 11.1. The minimum absolute atomic E-state index is 0.185. The highest BCUT2D eigenvalue weighted by Gasteiger charge is 2.14. The molecule has 1 amide bonds. The minimum atomic E-state index is -0.572. The van der Waals surface area contributed by atoms with Crippen molar-refractivity contribution >= 4 is 33.5 Å². The molecule has 8 heteroatoms. The Bertz CT molecular complexity index is 1350. The van der Waals surface area contributed by atoms with E-state index in [1.165, 1.54) is 16.8 Å². The van der Waals surface area contributed by atoms with E-state index in [1.807, 2.05) is 25.1 Å². The molecule has 0 bridgehead atoms. The highest BCUT2D eigenvalue weighted by molar-refractivity contribution is 6.09. The van der Waals surface area contributed by atoms with Crippen LogP contribution in [0.2, 0.25) is 0 Å². The number of pyridine rings is 2. The Kier molecular flexibility index (Phi) is 4.23. The van der Waals surface area contributed by atoms with Crippen molar-refractivity contribution in [1.29, 1.82) is 0 Å². The van der Waals surface area contributed by atoms with Gasteiger partial charge in [-0.2, -0.15) is 0 Å². The molecule has 0 aliphatic heterocycles. The van der Waals surface area contributed by atoms with Gasteiger partial charge in [-0.05, 0) is 43.7 Å². The van der Waals surface area contributed by atoms with Gasteiger partial charge in [0.2, 0.25) is 0 Å². The monoisotopic (exact) mass is 375 g/mol. The standard InChI is InChI=1S/C20H17N5O3/c1-3-25-17-14(19(27)24-20(25)28)9-12(10-22-17)18(26)23-15-7-6-11(2)16-13(15)5-4-8-21-16/h4-10H,3H2,1-2H3,(H,23,26)(H,24,27,28). The number of hydrogen-bond donors (Lipinski definition) is 2. The van der Waals surface area contributed by atoms with Gasteiger partial charge >= 0.3 is 5.69 Å². The zero-order chi connectivity index (χ0) is 19.8. The van der Waals surface area contributed by atoms with Crippen LogP contribution in [0.25, 0.3) is 21.9 Å². The number of hydrogen-bond acceptors (Lipinski definition) is 5. The average molecular weight is 375 g/mol. The Morgan fingerprint density at radius 3 is 2.79 bits per heavy atom. The maximum absolute atomic E-state index is 12.8. The van der Waals surface area contributed by atoms with Crippen LogP contribution in [0, 0.1) is 6.92 Å². The fourth-order valence-electron chi connectivity index (χ4n) is 3.20. The Morgan fingerprint density at radius 1 is 1.18 bits per heavy atom. The quantitative estimate of drug-likeness (QED) is 0.570. The molecule has 0 atom stereocenters. The molecule has 3 aromatic heterocycles. The van der Waals surface area contributed by atoms with Gasteiger partial charge in [0.15, 0.2) is 0 Å². The number of benzene rings is 1. The van der Waals surface area contributed by atoms with Crippen molar-refractivity contribution in [3.63, 3.8) is 0 Å². The predicted octanol–water partition coefficient (Wildman–Crippen LogP) is 2.21. The smallest absolute Gasteiger partial charge is 0.321 e. The Morgan fingerprint density at radius 2 is 2.00 bits per heavy atom. The van der Waals surface area contributed by atoms with E-state index in [0.717, 1.165) is 16.5 Å². The van der Waals surface area contributed by atoms with Gasteiger partial charge in [0.1, 0.15) is 5.65 Å². The Balaban J connectivity index is 1.77. The molecule has 0 radical (unpaired) electrons. The van der Waals surface area contributed by atoms with E-state index < -0.39 is 17.2 Å². The molecule has 4 aromatic rings. The summed E-state index contributed by atoms with van der Waals surface area (Å²) in [5, 5.41) is 3.86. The number of aromatic nitrogens is 4. The lowest BCUT2D eigenvalue weighted by Crippen LogP contribution is -2.30.